The van der Waals surface area contributed by atoms with E-state index in [2.05, 4.69) is 31.9 Å². The van der Waals surface area contributed by atoms with Gasteiger partial charge in [0.2, 0.25) is 10.0 Å². The van der Waals surface area contributed by atoms with Gasteiger partial charge in [0.25, 0.3) is 0 Å². The highest BCUT2D eigenvalue weighted by Gasteiger charge is 2.31. The molecular weight excluding hydrogens is 398 g/mol. The number of sulfonamides is 1. The van der Waals surface area contributed by atoms with Gasteiger partial charge in [0.1, 0.15) is 0 Å². The first kappa shape index (κ1) is 15.4. The second kappa shape index (κ2) is 6.22. The van der Waals surface area contributed by atoms with Gasteiger partial charge in [-0.15, -0.1) is 0 Å². The van der Waals surface area contributed by atoms with Crippen molar-refractivity contribution in [1.29, 1.82) is 0 Å². The van der Waals surface area contributed by atoms with E-state index >= 15 is 0 Å². The molecular formula is C12H15Br2NO3S. The second-order valence-electron chi connectivity index (χ2n) is 4.63. The van der Waals surface area contributed by atoms with Crippen LogP contribution in [0.2, 0.25) is 0 Å². The number of hydrogen-bond donors (Lipinski definition) is 1. The smallest absolute Gasteiger partial charge is 0.244 e. The van der Waals surface area contributed by atoms with Gasteiger partial charge in [0.15, 0.2) is 0 Å². The lowest BCUT2D eigenvalue weighted by atomic mass is 10.0. The Hall–Kier alpha value is 0.0500. The van der Waals surface area contributed by atoms with E-state index in [0.717, 1.165) is 17.3 Å². The minimum Gasteiger partial charge on any atom is -0.396 e. The van der Waals surface area contributed by atoms with Crippen LogP contribution < -0.4 is 0 Å². The largest absolute Gasteiger partial charge is 0.396 e. The minimum atomic E-state index is -3.51. The lowest BCUT2D eigenvalue weighted by Crippen LogP contribution is -2.41. The molecule has 1 aliphatic heterocycles. The fraction of sp³-hybridized carbons (Fsp3) is 0.500. The predicted octanol–water partition coefficient (Wildman–Crippen LogP) is 2.60. The Kier molecular flexibility index (Phi) is 5.05. The molecule has 0 aromatic heterocycles. The second-order valence-corrected chi connectivity index (χ2v) is 8.30. The maximum atomic E-state index is 12.6. The summed E-state index contributed by atoms with van der Waals surface area (Å²) >= 11 is 6.58. The van der Waals surface area contributed by atoms with E-state index < -0.39 is 10.0 Å². The lowest BCUT2D eigenvalue weighted by molar-refractivity contribution is 0.165. The topological polar surface area (TPSA) is 57.6 Å². The fourth-order valence-corrected chi connectivity index (χ4v) is 5.23. The standard InChI is InChI=1S/C12H15Br2NO3S/c13-10-3-4-11(14)12(6-10)19(17,18)15-5-1-2-9(7-15)8-16/h3-4,6,9,16H,1-2,5,7-8H2. The van der Waals surface area contributed by atoms with Crippen molar-refractivity contribution in [3.05, 3.63) is 27.1 Å². The normalized spacial score (nSPS) is 21.5. The fourth-order valence-electron chi connectivity index (χ4n) is 2.21. The molecule has 1 unspecified atom stereocenters. The van der Waals surface area contributed by atoms with Crippen LogP contribution >= 0.6 is 31.9 Å². The van der Waals surface area contributed by atoms with Gasteiger partial charge in [-0.1, -0.05) is 15.9 Å². The first-order chi connectivity index (χ1) is 8.95. The van der Waals surface area contributed by atoms with E-state index in [9.17, 15) is 13.5 Å². The van der Waals surface area contributed by atoms with E-state index in [0.29, 0.717) is 17.6 Å². The molecule has 1 atom stereocenters. The first-order valence-corrected chi connectivity index (χ1v) is 9.04. The molecule has 19 heavy (non-hydrogen) atoms. The zero-order valence-electron chi connectivity index (χ0n) is 10.2. The van der Waals surface area contributed by atoms with Gasteiger partial charge < -0.3 is 5.11 Å². The Bertz CT molecular complexity index is 562. The zero-order valence-corrected chi connectivity index (χ0v) is 14.2. The van der Waals surface area contributed by atoms with Gasteiger partial charge in [-0.2, -0.15) is 4.31 Å². The third-order valence-electron chi connectivity index (χ3n) is 3.25. The first-order valence-electron chi connectivity index (χ1n) is 6.01. The van der Waals surface area contributed by atoms with Gasteiger partial charge in [-0.05, 0) is 52.9 Å². The molecule has 0 spiro atoms. The number of rotatable bonds is 3. The Morgan fingerprint density at radius 3 is 2.79 bits per heavy atom. The summed E-state index contributed by atoms with van der Waals surface area (Å²) in [5.74, 6) is 0.0365. The van der Waals surface area contributed by atoms with E-state index in [4.69, 9.17) is 0 Å². The van der Waals surface area contributed by atoms with Crippen LogP contribution in [0.15, 0.2) is 32.0 Å². The Balaban J connectivity index is 2.34. The molecule has 0 amide bonds. The molecule has 0 radical (unpaired) electrons. The van der Waals surface area contributed by atoms with Gasteiger partial charge >= 0.3 is 0 Å². The van der Waals surface area contributed by atoms with Crippen molar-refractivity contribution in [2.75, 3.05) is 19.7 Å². The van der Waals surface area contributed by atoms with Gasteiger partial charge in [0.05, 0.1) is 4.90 Å². The van der Waals surface area contributed by atoms with Crippen molar-refractivity contribution in [3.63, 3.8) is 0 Å². The van der Waals surface area contributed by atoms with Crippen molar-refractivity contribution < 1.29 is 13.5 Å². The molecule has 1 fully saturated rings. The van der Waals surface area contributed by atoms with Crippen molar-refractivity contribution in [3.8, 4) is 0 Å². The monoisotopic (exact) mass is 411 g/mol. The molecule has 7 heteroatoms. The average molecular weight is 413 g/mol. The summed E-state index contributed by atoms with van der Waals surface area (Å²) in [6.07, 6.45) is 1.66. The summed E-state index contributed by atoms with van der Waals surface area (Å²) in [6.45, 7) is 0.932. The highest BCUT2D eigenvalue weighted by molar-refractivity contribution is 9.11. The summed E-state index contributed by atoms with van der Waals surface area (Å²) in [5.41, 5.74) is 0. The van der Waals surface area contributed by atoms with E-state index in [1.807, 2.05) is 0 Å². The van der Waals surface area contributed by atoms with E-state index in [1.54, 1.807) is 18.2 Å². The summed E-state index contributed by atoms with van der Waals surface area (Å²) in [4.78, 5) is 0.264. The SMILES string of the molecule is O=S(=O)(c1cc(Br)ccc1Br)N1CCCC(CO)C1. The molecule has 1 N–H and O–H groups in total. The Morgan fingerprint density at radius 2 is 2.11 bits per heavy atom. The third kappa shape index (κ3) is 3.39. The van der Waals surface area contributed by atoms with E-state index in [-0.39, 0.29) is 17.4 Å². The van der Waals surface area contributed by atoms with Crippen LogP contribution in [0.1, 0.15) is 12.8 Å². The van der Waals surface area contributed by atoms with Crippen LogP contribution in [-0.2, 0) is 10.0 Å². The summed E-state index contributed by atoms with van der Waals surface area (Å²) in [7, 11) is -3.51. The minimum absolute atomic E-state index is 0.0334. The Labute approximate surface area is 130 Å². The highest BCUT2D eigenvalue weighted by Crippen LogP contribution is 2.30. The molecule has 1 saturated heterocycles. The van der Waals surface area contributed by atoms with Gasteiger partial charge in [-0.25, -0.2) is 8.42 Å². The highest BCUT2D eigenvalue weighted by atomic mass is 79.9. The summed E-state index contributed by atoms with van der Waals surface area (Å²) in [5, 5.41) is 9.21. The molecule has 1 heterocycles. The van der Waals surface area contributed by atoms with Crippen molar-refractivity contribution >= 4 is 41.9 Å². The maximum absolute atomic E-state index is 12.6. The molecule has 106 valence electrons. The van der Waals surface area contributed by atoms with Crippen molar-refractivity contribution in [1.82, 2.24) is 4.31 Å². The van der Waals surface area contributed by atoms with Crippen LogP contribution in [0.25, 0.3) is 0 Å². The van der Waals surface area contributed by atoms with Crippen LogP contribution in [0, 0.1) is 5.92 Å². The maximum Gasteiger partial charge on any atom is 0.244 e. The number of halogens is 2. The van der Waals surface area contributed by atoms with Crippen molar-refractivity contribution in [2.45, 2.75) is 17.7 Å². The number of hydrogen-bond acceptors (Lipinski definition) is 3. The number of aliphatic hydroxyl groups excluding tert-OH is 1. The number of nitrogens with zero attached hydrogens (tertiary/aromatic N) is 1. The molecule has 0 saturated carbocycles. The molecule has 0 bridgehead atoms. The van der Waals surface area contributed by atoms with Crippen LogP contribution in [-0.4, -0.2) is 37.5 Å². The van der Waals surface area contributed by atoms with Crippen LogP contribution in [0.3, 0.4) is 0 Å². The number of aliphatic hydroxyl groups is 1. The van der Waals surface area contributed by atoms with Crippen LogP contribution in [0.5, 0.6) is 0 Å². The molecule has 4 nitrogen and oxygen atoms in total. The van der Waals surface area contributed by atoms with Gasteiger partial charge in [0, 0.05) is 28.6 Å². The zero-order chi connectivity index (χ0) is 14.0. The average Bonchev–Trinajstić information content (AvgIpc) is 2.41. The van der Waals surface area contributed by atoms with Crippen LogP contribution in [0.4, 0.5) is 0 Å². The van der Waals surface area contributed by atoms with E-state index in [1.165, 1.54) is 4.31 Å². The summed E-state index contributed by atoms with van der Waals surface area (Å²) in [6, 6.07) is 5.10. The van der Waals surface area contributed by atoms with Gasteiger partial charge in [-0.3, -0.25) is 0 Å². The summed E-state index contributed by atoms with van der Waals surface area (Å²) < 4.78 is 28.0. The molecule has 1 aliphatic rings. The Morgan fingerprint density at radius 1 is 1.37 bits per heavy atom. The van der Waals surface area contributed by atoms with Crippen molar-refractivity contribution in [2.24, 2.45) is 5.92 Å². The molecule has 0 aliphatic carbocycles. The third-order valence-corrected chi connectivity index (χ3v) is 6.60. The molecule has 2 rings (SSSR count). The quantitative estimate of drug-likeness (QED) is 0.829. The molecule has 1 aromatic carbocycles. The lowest BCUT2D eigenvalue weighted by Gasteiger charge is -2.31. The number of benzene rings is 1. The number of piperidine rings is 1. The predicted molar refractivity (Wildman–Crippen MR) is 80.4 cm³/mol. The molecule has 1 aromatic rings.